The number of aromatic amines is 1. The number of hydrogen-bond acceptors (Lipinski definition) is 4. The van der Waals surface area contributed by atoms with Gasteiger partial charge < -0.3 is 10.3 Å². The van der Waals surface area contributed by atoms with Gasteiger partial charge in [-0.3, -0.25) is 19.0 Å². The van der Waals surface area contributed by atoms with Crippen molar-refractivity contribution >= 4 is 28.3 Å². The molecule has 1 heterocycles. The SMILES string of the molecule is CC(=O)c1cccc(NC(=O)CCCn2c(=O)[nH]c3ccccc3c2=O)c1. The summed E-state index contributed by atoms with van der Waals surface area (Å²) in [6.07, 6.45) is 0.475. The predicted octanol–water partition coefficient (Wildman–Crippen LogP) is 2.31. The summed E-state index contributed by atoms with van der Waals surface area (Å²) < 4.78 is 1.10. The molecule has 0 atom stereocenters. The third kappa shape index (κ3) is 4.20. The second-order valence-corrected chi connectivity index (χ2v) is 6.22. The van der Waals surface area contributed by atoms with Crippen molar-refractivity contribution in [2.75, 3.05) is 5.32 Å². The van der Waals surface area contributed by atoms with Gasteiger partial charge in [0.2, 0.25) is 5.91 Å². The van der Waals surface area contributed by atoms with Gasteiger partial charge in [-0.1, -0.05) is 24.3 Å². The average molecular weight is 365 g/mol. The van der Waals surface area contributed by atoms with E-state index in [1.807, 2.05) is 0 Å². The number of nitrogens with one attached hydrogen (secondary N) is 2. The minimum Gasteiger partial charge on any atom is -0.326 e. The van der Waals surface area contributed by atoms with Gasteiger partial charge in [-0.2, -0.15) is 0 Å². The highest BCUT2D eigenvalue weighted by Gasteiger charge is 2.09. The molecule has 7 heteroatoms. The third-order valence-electron chi connectivity index (χ3n) is 4.23. The van der Waals surface area contributed by atoms with E-state index in [1.165, 1.54) is 6.92 Å². The van der Waals surface area contributed by atoms with E-state index < -0.39 is 5.69 Å². The van der Waals surface area contributed by atoms with E-state index in [1.54, 1.807) is 48.5 Å². The summed E-state index contributed by atoms with van der Waals surface area (Å²) in [6, 6.07) is 13.5. The van der Waals surface area contributed by atoms with Crippen LogP contribution in [0.2, 0.25) is 0 Å². The van der Waals surface area contributed by atoms with Crippen LogP contribution in [-0.4, -0.2) is 21.2 Å². The van der Waals surface area contributed by atoms with E-state index in [0.29, 0.717) is 28.6 Å². The number of anilines is 1. The normalized spacial score (nSPS) is 10.7. The topological polar surface area (TPSA) is 101 Å². The Hall–Kier alpha value is -3.48. The number of carbonyl (C=O) groups excluding carboxylic acids is 2. The second kappa shape index (κ2) is 7.82. The lowest BCUT2D eigenvalue weighted by Gasteiger charge is -2.08. The Morgan fingerprint density at radius 2 is 1.85 bits per heavy atom. The molecule has 0 radical (unpaired) electrons. The summed E-state index contributed by atoms with van der Waals surface area (Å²) in [7, 11) is 0. The van der Waals surface area contributed by atoms with Crippen LogP contribution in [-0.2, 0) is 11.3 Å². The van der Waals surface area contributed by atoms with E-state index in [4.69, 9.17) is 0 Å². The van der Waals surface area contributed by atoms with Crippen molar-refractivity contribution in [1.29, 1.82) is 0 Å². The number of nitrogens with zero attached hydrogens (tertiary/aromatic N) is 1. The van der Waals surface area contributed by atoms with Crippen molar-refractivity contribution in [3.05, 3.63) is 74.9 Å². The van der Waals surface area contributed by atoms with Crippen LogP contribution < -0.4 is 16.6 Å². The molecule has 7 nitrogen and oxygen atoms in total. The molecule has 0 aliphatic rings. The molecule has 3 rings (SSSR count). The molecular formula is C20H19N3O4. The number of amides is 1. The molecular weight excluding hydrogens is 346 g/mol. The highest BCUT2D eigenvalue weighted by Crippen LogP contribution is 2.12. The first-order valence-electron chi connectivity index (χ1n) is 8.58. The van der Waals surface area contributed by atoms with E-state index >= 15 is 0 Å². The zero-order chi connectivity index (χ0) is 19.4. The van der Waals surface area contributed by atoms with Crippen LogP contribution in [0.25, 0.3) is 10.9 Å². The number of rotatable bonds is 6. The van der Waals surface area contributed by atoms with Gasteiger partial charge in [0.25, 0.3) is 5.56 Å². The first-order valence-corrected chi connectivity index (χ1v) is 8.58. The zero-order valence-electron chi connectivity index (χ0n) is 14.8. The number of aromatic nitrogens is 2. The number of fused-ring (bicyclic) bond motifs is 1. The van der Waals surface area contributed by atoms with Crippen LogP contribution >= 0.6 is 0 Å². The Labute approximate surface area is 154 Å². The molecule has 0 saturated heterocycles. The Bertz CT molecular complexity index is 1130. The Kier molecular flexibility index (Phi) is 5.30. The van der Waals surface area contributed by atoms with Crippen LogP contribution in [0.15, 0.2) is 58.1 Å². The van der Waals surface area contributed by atoms with Gasteiger partial charge in [-0.05, 0) is 37.6 Å². The molecule has 0 unspecified atom stereocenters. The predicted molar refractivity (Wildman–Crippen MR) is 103 cm³/mol. The van der Waals surface area contributed by atoms with Gasteiger partial charge in [0, 0.05) is 24.2 Å². The fourth-order valence-electron chi connectivity index (χ4n) is 2.84. The standard InChI is InChI=1S/C20H19N3O4/c1-13(24)14-6-4-7-15(12-14)21-18(25)10-5-11-23-19(26)16-8-2-3-9-17(16)22-20(23)27/h2-4,6-9,12H,5,10-11H2,1H3,(H,21,25)(H,22,27). The van der Waals surface area contributed by atoms with Crippen LogP contribution in [0.3, 0.4) is 0 Å². The molecule has 27 heavy (non-hydrogen) atoms. The summed E-state index contributed by atoms with van der Waals surface area (Å²) in [5.74, 6) is -0.332. The minimum absolute atomic E-state index is 0.0824. The van der Waals surface area contributed by atoms with E-state index in [0.717, 1.165) is 4.57 Å². The van der Waals surface area contributed by atoms with Gasteiger partial charge in [-0.15, -0.1) is 0 Å². The lowest BCUT2D eigenvalue weighted by Crippen LogP contribution is -2.35. The Balaban J connectivity index is 1.65. The van der Waals surface area contributed by atoms with Crippen LogP contribution in [0.4, 0.5) is 5.69 Å². The van der Waals surface area contributed by atoms with Crippen molar-refractivity contribution in [3.8, 4) is 0 Å². The molecule has 1 amide bonds. The summed E-state index contributed by atoms with van der Waals surface area (Å²) in [5, 5.41) is 3.15. The number of carbonyl (C=O) groups is 2. The molecule has 0 fully saturated rings. The zero-order valence-corrected chi connectivity index (χ0v) is 14.8. The first-order chi connectivity index (χ1) is 13.0. The fourth-order valence-corrected chi connectivity index (χ4v) is 2.84. The number of hydrogen-bond donors (Lipinski definition) is 2. The fraction of sp³-hybridized carbons (Fsp3) is 0.200. The van der Waals surface area contributed by atoms with Crippen molar-refractivity contribution in [1.82, 2.24) is 9.55 Å². The molecule has 2 aromatic carbocycles. The van der Waals surface area contributed by atoms with Crippen molar-refractivity contribution < 1.29 is 9.59 Å². The molecule has 0 spiro atoms. The van der Waals surface area contributed by atoms with E-state index in [2.05, 4.69) is 10.3 Å². The number of ketones is 1. The summed E-state index contributed by atoms with van der Waals surface area (Å²) in [6.45, 7) is 1.60. The van der Waals surface area contributed by atoms with Gasteiger partial charge in [0.15, 0.2) is 5.78 Å². The molecule has 3 aromatic rings. The summed E-state index contributed by atoms with van der Waals surface area (Å²) in [4.78, 5) is 50.7. The summed E-state index contributed by atoms with van der Waals surface area (Å²) >= 11 is 0. The maximum atomic E-state index is 12.4. The van der Waals surface area contributed by atoms with E-state index in [-0.39, 0.29) is 30.2 Å². The molecule has 0 bridgehead atoms. The molecule has 2 N–H and O–H groups in total. The Morgan fingerprint density at radius 1 is 1.07 bits per heavy atom. The van der Waals surface area contributed by atoms with Crippen LogP contribution in [0, 0.1) is 0 Å². The molecule has 138 valence electrons. The molecule has 0 saturated carbocycles. The van der Waals surface area contributed by atoms with Gasteiger partial charge in [0.1, 0.15) is 0 Å². The van der Waals surface area contributed by atoms with Gasteiger partial charge in [0.05, 0.1) is 10.9 Å². The second-order valence-electron chi connectivity index (χ2n) is 6.22. The highest BCUT2D eigenvalue weighted by molar-refractivity contribution is 5.97. The van der Waals surface area contributed by atoms with Gasteiger partial charge >= 0.3 is 5.69 Å². The van der Waals surface area contributed by atoms with Crippen molar-refractivity contribution in [2.45, 2.75) is 26.3 Å². The molecule has 1 aromatic heterocycles. The van der Waals surface area contributed by atoms with E-state index in [9.17, 15) is 19.2 Å². The average Bonchev–Trinajstić information content (AvgIpc) is 2.64. The first kappa shape index (κ1) is 18.3. The summed E-state index contributed by atoms with van der Waals surface area (Å²) in [5.41, 5.74) is 0.680. The third-order valence-corrected chi connectivity index (χ3v) is 4.23. The van der Waals surface area contributed by atoms with Crippen LogP contribution in [0.5, 0.6) is 0 Å². The number of para-hydroxylation sites is 1. The smallest absolute Gasteiger partial charge is 0.326 e. The number of Topliss-reactive ketones (excluding diaryl/α,β-unsaturated/α-hetero) is 1. The maximum absolute atomic E-state index is 12.4. The number of benzene rings is 2. The number of H-pyrrole nitrogens is 1. The largest absolute Gasteiger partial charge is 0.328 e. The lowest BCUT2D eigenvalue weighted by atomic mass is 10.1. The Morgan fingerprint density at radius 3 is 2.63 bits per heavy atom. The lowest BCUT2D eigenvalue weighted by molar-refractivity contribution is -0.116. The van der Waals surface area contributed by atoms with Crippen molar-refractivity contribution in [2.24, 2.45) is 0 Å². The quantitative estimate of drug-likeness (QED) is 0.655. The molecule has 0 aliphatic heterocycles. The molecule has 0 aliphatic carbocycles. The van der Waals surface area contributed by atoms with Gasteiger partial charge in [-0.25, -0.2) is 4.79 Å². The monoisotopic (exact) mass is 365 g/mol. The highest BCUT2D eigenvalue weighted by atomic mass is 16.2. The van der Waals surface area contributed by atoms with Crippen molar-refractivity contribution in [3.63, 3.8) is 0 Å². The minimum atomic E-state index is -0.492. The van der Waals surface area contributed by atoms with Crippen LogP contribution in [0.1, 0.15) is 30.1 Å². The maximum Gasteiger partial charge on any atom is 0.328 e.